The van der Waals surface area contributed by atoms with Crippen LogP contribution in [0, 0.1) is 5.82 Å². The first-order valence-corrected chi connectivity index (χ1v) is 4.15. The van der Waals surface area contributed by atoms with Gasteiger partial charge in [-0.3, -0.25) is 4.84 Å². The summed E-state index contributed by atoms with van der Waals surface area (Å²) in [5.74, 6) is 5.14. The smallest absolute Gasteiger partial charge is 0.189 e. The first-order chi connectivity index (χ1) is 6.81. The molecule has 1 heterocycles. The normalized spacial score (nSPS) is 14.7. The molecule has 0 atom stereocenters. The molecule has 1 aromatic rings. The number of benzene rings is 1. The van der Waals surface area contributed by atoms with Crippen molar-refractivity contribution in [1.29, 1.82) is 0 Å². The van der Waals surface area contributed by atoms with E-state index in [2.05, 4.69) is 4.84 Å². The molecule has 2 N–H and O–H groups in total. The topological polar surface area (TPSA) is 53.7 Å². The molecule has 14 heavy (non-hydrogen) atoms. The Hall–Kier alpha value is -1.17. The summed E-state index contributed by atoms with van der Waals surface area (Å²) < 4.78 is 23.5. The zero-order chi connectivity index (χ0) is 9.97. The zero-order valence-corrected chi connectivity index (χ0v) is 7.46. The highest BCUT2D eigenvalue weighted by molar-refractivity contribution is 5.38. The number of halogens is 1. The summed E-state index contributed by atoms with van der Waals surface area (Å²) in [4.78, 5) is 4.37. The van der Waals surface area contributed by atoms with E-state index >= 15 is 0 Å². The Balaban J connectivity index is 2.35. The minimum Gasteiger partial charge on any atom is -0.467 e. The van der Waals surface area contributed by atoms with Crippen molar-refractivity contribution in [1.82, 2.24) is 0 Å². The average Bonchev–Trinajstić information content (AvgIpc) is 2.19. The third kappa shape index (κ3) is 1.70. The van der Waals surface area contributed by atoms with Crippen molar-refractivity contribution in [2.75, 3.05) is 6.79 Å². The summed E-state index contributed by atoms with van der Waals surface area (Å²) in [5, 5.41) is 0. The molecule has 1 aromatic carbocycles. The van der Waals surface area contributed by atoms with Crippen LogP contribution in [0.25, 0.3) is 0 Å². The standard InChI is InChI=1S/C9H10FNO3/c10-8-1-7-3-12-5-13-9(7)2-6(8)4-14-11/h1-2H,3-5,11H2. The molecule has 4 nitrogen and oxygen atoms in total. The molecule has 0 spiro atoms. The van der Waals surface area contributed by atoms with Gasteiger partial charge in [-0.25, -0.2) is 10.3 Å². The molecular weight excluding hydrogens is 189 g/mol. The number of fused-ring (bicyclic) bond motifs is 1. The van der Waals surface area contributed by atoms with Crippen LogP contribution in [0.2, 0.25) is 0 Å². The van der Waals surface area contributed by atoms with Crippen LogP contribution in [-0.4, -0.2) is 6.79 Å². The fourth-order valence-corrected chi connectivity index (χ4v) is 1.34. The van der Waals surface area contributed by atoms with Crippen LogP contribution in [0.1, 0.15) is 11.1 Å². The fourth-order valence-electron chi connectivity index (χ4n) is 1.34. The monoisotopic (exact) mass is 199 g/mol. The highest BCUT2D eigenvalue weighted by Gasteiger charge is 2.14. The van der Waals surface area contributed by atoms with Gasteiger partial charge >= 0.3 is 0 Å². The SMILES string of the molecule is NOCc1cc2c(cc1F)COCO2. The molecule has 0 bridgehead atoms. The van der Waals surface area contributed by atoms with Crippen LogP contribution in [0.15, 0.2) is 12.1 Å². The third-order valence-corrected chi connectivity index (χ3v) is 2.02. The Morgan fingerprint density at radius 2 is 2.36 bits per heavy atom. The van der Waals surface area contributed by atoms with E-state index in [1.165, 1.54) is 6.07 Å². The molecule has 0 amide bonds. The van der Waals surface area contributed by atoms with Crippen LogP contribution >= 0.6 is 0 Å². The maximum Gasteiger partial charge on any atom is 0.189 e. The van der Waals surface area contributed by atoms with Crippen LogP contribution in [-0.2, 0) is 22.8 Å². The van der Waals surface area contributed by atoms with Crippen LogP contribution in [0.4, 0.5) is 4.39 Å². The first-order valence-electron chi connectivity index (χ1n) is 4.15. The Kier molecular flexibility index (Phi) is 2.62. The summed E-state index contributed by atoms with van der Waals surface area (Å²) in [5.41, 5.74) is 1.09. The fraction of sp³-hybridized carbons (Fsp3) is 0.333. The third-order valence-electron chi connectivity index (χ3n) is 2.02. The van der Waals surface area contributed by atoms with Crippen LogP contribution in [0.3, 0.4) is 0 Å². The van der Waals surface area contributed by atoms with E-state index in [-0.39, 0.29) is 19.2 Å². The quantitative estimate of drug-likeness (QED) is 0.724. The molecule has 0 aromatic heterocycles. The first kappa shape index (κ1) is 9.39. The maximum absolute atomic E-state index is 13.3. The van der Waals surface area contributed by atoms with Gasteiger partial charge in [0.05, 0.1) is 13.2 Å². The second-order valence-corrected chi connectivity index (χ2v) is 2.97. The van der Waals surface area contributed by atoms with E-state index in [1.807, 2.05) is 0 Å². The van der Waals surface area contributed by atoms with Gasteiger partial charge in [0.2, 0.25) is 0 Å². The molecule has 76 valence electrons. The molecule has 1 aliphatic heterocycles. The van der Waals surface area contributed by atoms with Crippen molar-refractivity contribution < 1.29 is 18.7 Å². The van der Waals surface area contributed by atoms with Gasteiger partial charge in [-0.15, -0.1) is 0 Å². The van der Waals surface area contributed by atoms with E-state index in [4.69, 9.17) is 15.4 Å². The van der Waals surface area contributed by atoms with Crippen molar-refractivity contribution in [2.45, 2.75) is 13.2 Å². The Labute approximate surface area is 80.3 Å². The molecule has 2 rings (SSSR count). The summed E-state index contributed by atoms with van der Waals surface area (Å²) in [6.07, 6.45) is 0. The van der Waals surface area contributed by atoms with E-state index in [0.717, 1.165) is 0 Å². The predicted octanol–water partition coefficient (Wildman–Crippen LogP) is 1.08. The molecule has 1 aliphatic rings. The minimum atomic E-state index is -0.358. The second kappa shape index (κ2) is 3.91. The largest absolute Gasteiger partial charge is 0.467 e. The number of hydrogen-bond donors (Lipinski definition) is 1. The highest BCUT2D eigenvalue weighted by atomic mass is 19.1. The average molecular weight is 199 g/mol. The van der Waals surface area contributed by atoms with Gasteiger partial charge in [0.15, 0.2) is 6.79 Å². The van der Waals surface area contributed by atoms with E-state index in [9.17, 15) is 4.39 Å². The second-order valence-electron chi connectivity index (χ2n) is 2.97. The summed E-state index contributed by atoms with van der Waals surface area (Å²) in [6.45, 7) is 0.598. The Morgan fingerprint density at radius 1 is 1.50 bits per heavy atom. The Bertz CT molecular complexity index is 343. The molecule has 0 aliphatic carbocycles. The van der Waals surface area contributed by atoms with Crippen molar-refractivity contribution >= 4 is 0 Å². The lowest BCUT2D eigenvalue weighted by atomic mass is 10.1. The predicted molar refractivity (Wildman–Crippen MR) is 45.7 cm³/mol. The number of ether oxygens (including phenoxy) is 2. The molecule has 0 saturated carbocycles. The number of hydrogen-bond acceptors (Lipinski definition) is 4. The van der Waals surface area contributed by atoms with E-state index in [1.54, 1.807) is 6.07 Å². The van der Waals surface area contributed by atoms with Crippen molar-refractivity contribution in [2.24, 2.45) is 5.90 Å². The lowest BCUT2D eigenvalue weighted by molar-refractivity contribution is -0.0168. The molecule has 0 fully saturated rings. The minimum absolute atomic E-state index is 0.0311. The molecular formula is C9H10FNO3. The van der Waals surface area contributed by atoms with Crippen molar-refractivity contribution in [3.63, 3.8) is 0 Å². The van der Waals surface area contributed by atoms with Gasteiger partial charge in [0.1, 0.15) is 11.6 Å². The molecule has 5 heteroatoms. The lowest BCUT2D eigenvalue weighted by Crippen LogP contribution is -2.12. The Morgan fingerprint density at radius 3 is 3.14 bits per heavy atom. The number of rotatable bonds is 2. The van der Waals surface area contributed by atoms with Crippen LogP contribution < -0.4 is 10.6 Å². The van der Waals surface area contributed by atoms with Gasteiger partial charge in [-0.05, 0) is 12.1 Å². The van der Waals surface area contributed by atoms with E-state index < -0.39 is 0 Å². The van der Waals surface area contributed by atoms with Gasteiger partial charge in [0, 0.05) is 11.1 Å². The summed E-state index contributed by atoms with van der Waals surface area (Å²) in [7, 11) is 0. The van der Waals surface area contributed by atoms with Crippen LogP contribution in [0.5, 0.6) is 5.75 Å². The van der Waals surface area contributed by atoms with Gasteiger partial charge < -0.3 is 9.47 Å². The van der Waals surface area contributed by atoms with Gasteiger partial charge in [-0.2, -0.15) is 0 Å². The van der Waals surface area contributed by atoms with Gasteiger partial charge in [-0.1, -0.05) is 0 Å². The molecule has 0 radical (unpaired) electrons. The van der Waals surface area contributed by atoms with E-state index in [0.29, 0.717) is 23.5 Å². The van der Waals surface area contributed by atoms with Crippen molar-refractivity contribution in [3.05, 3.63) is 29.1 Å². The molecule has 0 saturated heterocycles. The summed E-state index contributed by atoms with van der Waals surface area (Å²) >= 11 is 0. The van der Waals surface area contributed by atoms with Gasteiger partial charge in [0.25, 0.3) is 0 Å². The summed E-state index contributed by atoms with van der Waals surface area (Å²) in [6, 6.07) is 2.96. The highest BCUT2D eigenvalue weighted by Crippen LogP contribution is 2.26. The van der Waals surface area contributed by atoms with Crippen molar-refractivity contribution in [3.8, 4) is 5.75 Å². The maximum atomic E-state index is 13.3. The zero-order valence-electron chi connectivity index (χ0n) is 7.46. The molecule has 0 unspecified atom stereocenters. The number of nitrogens with two attached hydrogens (primary N) is 1. The lowest BCUT2D eigenvalue weighted by Gasteiger charge is -2.18.